The average Bonchev–Trinajstić information content (AvgIpc) is 3.07. The van der Waals surface area contributed by atoms with Crippen LogP contribution in [-0.2, 0) is 11.3 Å². The number of para-hydroxylation sites is 1. The number of methoxy groups -OCH3 is 1. The van der Waals surface area contributed by atoms with Gasteiger partial charge in [-0.3, -0.25) is 0 Å². The minimum Gasteiger partial charge on any atom is -0.465 e. The third-order valence-corrected chi connectivity index (χ3v) is 7.88. The van der Waals surface area contributed by atoms with Crippen LogP contribution in [0.25, 0.3) is 22.2 Å². The first-order valence-electron chi connectivity index (χ1n) is 12.1. The van der Waals surface area contributed by atoms with Crippen LogP contribution in [0.1, 0.15) is 72.0 Å². The monoisotopic (exact) mass is 465 g/mol. The highest BCUT2D eigenvalue weighted by Crippen LogP contribution is 2.49. The van der Waals surface area contributed by atoms with Crippen molar-refractivity contribution in [2.45, 2.75) is 57.0 Å². The van der Waals surface area contributed by atoms with Crippen LogP contribution in [0.2, 0.25) is 0 Å². The third-order valence-electron chi connectivity index (χ3n) is 7.88. The van der Waals surface area contributed by atoms with Crippen LogP contribution in [0.15, 0.2) is 36.4 Å². The average molecular weight is 466 g/mol. The number of aromatic nitrogens is 1. The van der Waals surface area contributed by atoms with Crippen LogP contribution in [0.4, 0.5) is 5.69 Å². The fourth-order valence-corrected chi connectivity index (χ4v) is 6.36. The smallest absolute Gasteiger partial charge is 0.337 e. The number of fused-ring (bicyclic) bond motifs is 4. The number of nitrogens with two attached hydrogens (primary N) is 1. The van der Waals surface area contributed by atoms with Crippen molar-refractivity contribution in [2.75, 3.05) is 25.1 Å². The Morgan fingerprint density at radius 3 is 2.64 bits per heavy atom. The number of nitrogens with zero attached hydrogens (tertiary/aromatic N) is 2. The number of carbonyl (C=O) groups is 1. The summed E-state index contributed by atoms with van der Waals surface area (Å²) >= 11 is 0. The summed E-state index contributed by atoms with van der Waals surface area (Å²) in [6.07, 6.45) is 7.39. The molecule has 6 rings (SSSR count). The summed E-state index contributed by atoms with van der Waals surface area (Å²) in [4.78, 5) is 14.9. The van der Waals surface area contributed by atoms with Gasteiger partial charge in [0.15, 0.2) is 0 Å². The number of ether oxygens (including phenoxy) is 1. The number of rotatable bonds is 2. The zero-order valence-electron chi connectivity index (χ0n) is 19.2. The van der Waals surface area contributed by atoms with E-state index in [0.717, 1.165) is 31.6 Å². The van der Waals surface area contributed by atoms with E-state index in [1.807, 2.05) is 12.1 Å². The second kappa shape index (κ2) is 8.69. The lowest BCUT2D eigenvalue weighted by Crippen LogP contribution is -2.35. The number of carbonyl (C=O) groups excluding carboxylic acids is 1. The van der Waals surface area contributed by atoms with Crippen molar-refractivity contribution in [3.05, 3.63) is 53.1 Å². The maximum absolute atomic E-state index is 12.3. The van der Waals surface area contributed by atoms with Gasteiger partial charge in [-0.25, -0.2) is 4.79 Å². The molecule has 3 heterocycles. The molecule has 174 valence electrons. The van der Waals surface area contributed by atoms with Crippen molar-refractivity contribution in [1.82, 2.24) is 4.57 Å². The van der Waals surface area contributed by atoms with Crippen LogP contribution < -0.4 is 10.6 Å². The highest BCUT2D eigenvalue weighted by atomic mass is 35.5. The zero-order chi connectivity index (χ0) is 21.8. The van der Waals surface area contributed by atoms with Gasteiger partial charge in [0.05, 0.1) is 24.1 Å². The van der Waals surface area contributed by atoms with Gasteiger partial charge in [-0.15, -0.1) is 12.4 Å². The minimum atomic E-state index is -0.275. The van der Waals surface area contributed by atoms with Crippen LogP contribution in [0.3, 0.4) is 0 Å². The van der Waals surface area contributed by atoms with E-state index in [9.17, 15) is 4.79 Å². The molecule has 2 aliphatic heterocycles. The molecule has 1 fully saturated rings. The van der Waals surface area contributed by atoms with Gasteiger partial charge in [0.2, 0.25) is 0 Å². The second-order valence-corrected chi connectivity index (χ2v) is 9.60. The molecule has 1 aromatic heterocycles. The van der Waals surface area contributed by atoms with E-state index in [0.29, 0.717) is 11.5 Å². The molecule has 0 saturated heterocycles. The Balaban J connectivity index is 0.00000228. The van der Waals surface area contributed by atoms with E-state index >= 15 is 0 Å². The quantitative estimate of drug-likeness (QED) is 0.487. The molecule has 1 atom stereocenters. The lowest BCUT2D eigenvalue weighted by Gasteiger charge is -2.35. The predicted octanol–water partition coefficient (Wildman–Crippen LogP) is 5.79. The maximum atomic E-state index is 12.3. The van der Waals surface area contributed by atoms with E-state index in [1.54, 1.807) is 0 Å². The fourth-order valence-electron chi connectivity index (χ4n) is 6.36. The number of anilines is 1. The van der Waals surface area contributed by atoms with Crippen LogP contribution in [-0.4, -0.2) is 30.7 Å². The number of esters is 1. The second-order valence-electron chi connectivity index (χ2n) is 9.60. The molecule has 1 unspecified atom stereocenters. The molecule has 0 spiro atoms. The normalized spacial score (nSPS) is 19.9. The largest absolute Gasteiger partial charge is 0.465 e. The lowest BCUT2D eigenvalue weighted by atomic mass is 9.81. The molecule has 2 aromatic carbocycles. The summed E-state index contributed by atoms with van der Waals surface area (Å²) < 4.78 is 7.51. The molecule has 6 heteroatoms. The van der Waals surface area contributed by atoms with Crippen molar-refractivity contribution >= 4 is 35.0 Å². The predicted molar refractivity (Wildman–Crippen MR) is 136 cm³/mol. The van der Waals surface area contributed by atoms with Gasteiger partial charge >= 0.3 is 5.97 Å². The van der Waals surface area contributed by atoms with Crippen LogP contribution in [0, 0.1) is 0 Å². The Morgan fingerprint density at radius 2 is 1.85 bits per heavy atom. The number of hydrogen-bond donors (Lipinski definition) is 1. The van der Waals surface area contributed by atoms with Gasteiger partial charge in [0.1, 0.15) is 0 Å². The molecule has 1 saturated carbocycles. The first-order valence-corrected chi connectivity index (χ1v) is 12.1. The van der Waals surface area contributed by atoms with Crippen LogP contribution >= 0.6 is 12.4 Å². The van der Waals surface area contributed by atoms with E-state index in [4.69, 9.17) is 10.5 Å². The number of benzene rings is 2. The van der Waals surface area contributed by atoms with Gasteiger partial charge in [0.25, 0.3) is 0 Å². The van der Waals surface area contributed by atoms with Crippen molar-refractivity contribution in [2.24, 2.45) is 5.73 Å². The zero-order valence-corrected chi connectivity index (χ0v) is 20.0. The molecule has 3 aliphatic rings. The standard InChI is InChI=1S/C27H31N3O2.ClH/c1-32-27(31)18-10-11-20-23(16-18)30-15-14-29-13-12-22(28)19-8-5-9-21(25(19)29)26(30)24(20)17-6-3-2-4-7-17;/h5,8-11,16-17,22H,2-4,6-7,12-15,28H2,1H3;1H. The molecule has 3 aromatic rings. The maximum Gasteiger partial charge on any atom is 0.337 e. The van der Waals surface area contributed by atoms with E-state index in [1.165, 1.54) is 72.7 Å². The lowest BCUT2D eigenvalue weighted by molar-refractivity contribution is 0.0601. The summed E-state index contributed by atoms with van der Waals surface area (Å²) in [6, 6.07) is 12.9. The summed E-state index contributed by atoms with van der Waals surface area (Å²) in [5.41, 5.74) is 15.1. The number of halogens is 1. The molecular weight excluding hydrogens is 434 g/mol. The first-order chi connectivity index (χ1) is 15.7. The third kappa shape index (κ3) is 3.44. The van der Waals surface area contributed by atoms with Crippen molar-refractivity contribution in [1.29, 1.82) is 0 Å². The number of hydrogen-bond acceptors (Lipinski definition) is 4. The molecule has 0 radical (unpaired) electrons. The highest BCUT2D eigenvalue weighted by Gasteiger charge is 2.33. The Morgan fingerprint density at radius 1 is 1.03 bits per heavy atom. The van der Waals surface area contributed by atoms with Crippen molar-refractivity contribution in [3.8, 4) is 11.3 Å². The Kier molecular flexibility index (Phi) is 5.87. The van der Waals surface area contributed by atoms with Gasteiger partial charge < -0.3 is 19.9 Å². The molecule has 33 heavy (non-hydrogen) atoms. The van der Waals surface area contributed by atoms with E-state index in [-0.39, 0.29) is 24.4 Å². The minimum absolute atomic E-state index is 0. The molecule has 0 amide bonds. The summed E-state index contributed by atoms with van der Waals surface area (Å²) in [6.45, 7) is 2.87. The van der Waals surface area contributed by atoms with Gasteiger partial charge in [-0.2, -0.15) is 0 Å². The SMILES string of the molecule is COC(=O)c1ccc2c(C3CCCCC3)c3n(c2c1)CCN1CCC(N)c2cccc-3c21.Cl. The molecule has 0 bridgehead atoms. The van der Waals surface area contributed by atoms with Gasteiger partial charge in [0, 0.05) is 42.1 Å². The topological polar surface area (TPSA) is 60.5 Å². The summed E-state index contributed by atoms with van der Waals surface area (Å²) in [5.74, 6) is 0.287. The highest BCUT2D eigenvalue weighted by molar-refractivity contribution is 6.00. The molecule has 2 N–H and O–H groups in total. The van der Waals surface area contributed by atoms with Crippen molar-refractivity contribution < 1.29 is 9.53 Å². The summed E-state index contributed by atoms with van der Waals surface area (Å²) in [5, 5.41) is 1.30. The van der Waals surface area contributed by atoms with E-state index < -0.39 is 0 Å². The molecule has 1 aliphatic carbocycles. The van der Waals surface area contributed by atoms with Gasteiger partial charge in [-0.05, 0) is 48.4 Å². The molecular formula is C27H32ClN3O2. The van der Waals surface area contributed by atoms with Crippen LogP contribution in [0.5, 0.6) is 0 Å². The summed E-state index contributed by atoms with van der Waals surface area (Å²) in [7, 11) is 1.45. The van der Waals surface area contributed by atoms with E-state index in [2.05, 4.69) is 33.7 Å². The van der Waals surface area contributed by atoms with Gasteiger partial charge in [-0.1, -0.05) is 43.5 Å². The molecule has 5 nitrogen and oxygen atoms in total. The Bertz CT molecular complexity index is 1210. The fraction of sp³-hybridized carbons (Fsp3) is 0.444. The Labute approximate surface area is 201 Å². The first kappa shape index (κ1) is 22.3. The Hall–Kier alpha value is -2.50. The van der Waals surface area contributed by atoms with Crippen molar-refractivity contribution in [3.63, 3.8) is 0 Å².